The molecular formula is C13H24N2O2. The number of carbonyl (C=O) groups is 1. The lowest BCUT2D eigenvalue weighted by Crippen LogP contribution is -2.52. The van der Waals surface area contributed by atoms with Gasteiger partial charge < -0.3 is 15.7 Å². The van der Waals surface area contributed by atoms with Crippen molar-refractivity contribution in [3.05, 3.63) is 0 Å². The maximum atomic E-state index is 11.8. The second-order valence-electron chi connectivity index (χ2n) is 5.56. The van der Waals surface area contributed by atoms with E-state index in [2.05, 4.69) is 10.6 Å². The van der Waals surface area contributed by atoms with Crippen LogP contribution in [0.4, 0.5) is 0 Å². The fourth-order valence-corrected chi connectivity index (χ4v) is 3.08. The van der Waals surface area contributed by atoms with E-state index in [1.165, 1.54) is 25.7 Å². The van der Waals surface area contributed by atoms with Gasteiger partial charge in [-0.1, -0.05) is 25.7 Å². The molecule has 4 heteroatoms. The van der Waals surface area contributed by atoms with Crippen LogP contribution in [0.25, 0.3) is 0 Å². The minimum atomic E-state index is -0.325. The third kappa shape index (κ3) is 3.42. The molecule has 0 unspecified atom stereocenters. The zero-order valence-corrected chi connectivity index (χ0v) is 10.5. The second kappa shape index (κ2) is 5.83. The Morgan fingerprint density at radius 3 is 2.41 bits per heavy atom. The Kier molecular flexibility index (Phi) is 4.40. The molecular weight excluding hydrogens is 216 g/mol. The normalized spacial score (nSPS) is 24.1. The minimum absolute atomic E-state index is 0.0350. The monoisotopic (exact) mass is 240 g/mol. The largest absolute Gasteiger partial charge is 0.394 e. The van der Waals surface area contributed by atoms with Crippen LogP contribution in [-0.2, 0) is 4.79 Å². The highest BCUT2D eigenvalue weighted by Gasteiger charge is 2.34. The fourth-order valence-electron chi connectivity index (χ4n) is 3.08. The van der Waals surface area contributed by atoms with Crippen molar-refractivity contribution in [3.8, 4) is 0 Å². The number of carbonyl (C=O) groups excluding carboxylic acids is 1. The van der Waals surface area contributed by atoms with E-state index in [0.29, 0.717) is 12.6 Å². The molecule has 17 heavy (non-hydrogen) atoms. The standard InChI is InChI=1S/C13H24N2O2/c16-10-13(7-3-4-8-13)15-12(17)9-14-11-5-1-2-6-11/h11,14,16H,1-10H2,(H,15,17). The molecule has 0 aromatic carbocycles. The SMILES string of the molecule is O=C(CNC1CCCC1)NC1(CO)CCCC1. The molecule has 0 aromatic heterocycles. The summed E-state index contributed by atoms with van der Waals surface area (Å²) >= 11 is 0. The van der Waals surface area contributed by atoms with E-state index >= 15 is 0 Å². The Hall–Kier alpha value is -0.610. The Labute approximate surface area is 103 Å². The number of hydrogen-bond acceptors (Lipinski definition) is 3. The van der Waals surface area contributed by atoms with Gasteiger partial charge in [-0.2, -0.15) is 0 Å². The van der Waals surface area contributed by atoms with Gasteiger partial charge in [0, 0.05) is 6.04 Å². The predicted molar refractivity (Wildman–Crippen MR) is 66.7 cm³/mol. The topological polar surface area (TPSA) is 61.4 Å². The first-order valence-electron chi connectivity index (χ1n) is 6.89. The second-order valence-corrected chi connectivity index (χ2v) is 5.56. The molecule has 0 saturated heterocycles. The molecule has 0 aliphatic heterocycles. The average Bonchev–Trinajstić information content (AvgIpc) is 2.98. The first-order valence-corrected chi connectivity index (χ1v) is 6.89. The molecule has 0 spiro atoms. The highest BCUT2D eigenvalue weighted by molar-refractivity contribution is 5.79. The number of rotatable bonds is 5. The van der Waals surface area contributed by atoms with E-state index in [-0.39, 0.29) is 18.1 Å². The van der Waals surface area contributed by atoms with Crippen LogP contribution in [-0.4, -0.2) is 35.7 Å². The highest BCUT2D eigenvalue weighted by Crippen LogP contribution is 2.28. The van der Waals surface area contributed by atoms with Gasteiger partial charge in [-0.15, -0.1) is 0 Å². The lowest BCUT2D eigenvalue weighted by atomic mass is 9.99. The number of hydrogen-bond donors (Lipinski definition) is 3. The van der Waals surface area contributed by atoms with Crippen molar-refractivity contribution in [3.63, 3.8) is 0 Å². The van der Waals surface area contributed by atoms with Crippen molar-refractivity contribution in [1.82, 2.24) is 10.6 Å². The fraction of sp³-hybridized carbons (Fsp3) is 0.923. The van der Waals surface area contributed by atoms with Gasteiger partial charge in [-0.05, 0) is 25.7 Å². The van der Waals surface area contributed by atoms with E-state index in [1.54, 1.807) is 0 Å². The lowest BCUT2D eigenvalue weighted by Gasteiger charge is -2.28. The quantitative estimate of drug-likeness (QED) is 0.670. The van der Waals surface area contributed by atoms with Crippen LogP contribution >= 0.6 is 0 Å². The van der Waals surface area contributed by atoms with Gasteiger partial charge in [0.25, 0.3) is 0 Å². The number of aliphatic hydroxyl groups excluding tert-OH is 1. The molecule has 2 fully saturated rings. The molecule has 0 atom stereocenters. The molecule has 0 heterocycles. The zero-order valence-electron chi connectivity index (χ0n) is 10.5. The predicted octanol–water partition coefficient (Wildman–Crippen LogP) is 0.940. The maximum Gasteiger partial charge on any atom is 0.234 e. The molecule has 0 aromatic rings. The van der Waals surface area contributed by atoms with Crippen LogP contribution in [0, 0.1) is 0 Å². The van der Waals surface area contributed by atoms with Crippen molar-refractivity contribution < 1.29 is 9.90 Å². The van der Waals surface area contributed by atoms with Crippen LogP contribution in [0.15, 0.2) is 0 Å². The Morgan fingerprint density at radius 2 is 1.82 bits per heavy atom. The molecule has 98 valence electrons. The summed E-state index contributed by atoms with van der Waals surface area (Å²) in [4.78, 5) is 11.8. The van der Waals surface area contributed by atoms with Crippen molar-refractivity contribution in [2.75, 3.05) is 13.2 Å². The van der Waals surface area contributed by atoms with Gasteiger partial charge in [0.1, 0.15) is 0 Å². The third-order valence-corrected chi connectivity index (χ3v) is 4.17. The molecule has 4 nitrogen and oxygen atoms in total. The van der Waals surface area contributed by atoms with Gasteiger partial charge in [0.15, 0.2) is 0 Å². The molecule has 2 aliphatic rings. The Bertz CT molecular complexity index is 256. The maximum absolute atomic E-state index is 11.8. The summed E-state index contributed by atoms with van der Waals surface area (Å²) in [5, 5.41) is 15.7. The van der Waals surface area contributed by atoms with E-state index in [0.717, 1.165) is 25.7 Å². The van der Waals surface area contributed by atoms with Crippen LogP contribution in [0.1, 0.15) is 51.4 Å². The summed E-state index contributed by atoms with van der Waals surface area (Å²) in [6.45, 7) is 0.467. The summed E-state index contributed by atoms with van der Waals surface area (Å²) in [6.07, 6.45) is 8.99. The van der Waals surface area contributed by atoms with Crippen LogP contribution < -0.4 is 10.6 Å². The summed E-state index contributed by atoms with van der Waals surface area (Å²) in [6, 6.07) is 0.523. The van der Waals surface area contributed by atoms with Crippen LogP contribution in [0.2, 0.25) is 0 Å². The third-order valence-electron chi connectivity index (χ3n) is 4.17. The summed E-state index contributed by atoms with van der Waals surface area (Å²) in [5.41, 5.74) is -0.325. The highest BCUT2D eigenvalue weighted by atomic mass is 16.3. The van der Waals surface area contributed by atoms with Gasteiger partial charge in [-0.3, -0.25) is 4.79 Å². The van der Waals surface area contributed by atoms with E-state index in [4.69, 9.17) is 0 Å². The molecule has 0 radical (unpaired) electrons. The first-order chi connectivity index (χ1) is 8.24. The van der Waals surface area contributed by atoms with E-state index < -0.39 is 0 Å². The molecule has 2 saturated carbocycles. The van der Waals surface area contributed by atoms with Crippen molar-refractivity contribution in [2.45, 2.75) is 62.9 Å². The van der Waals surface area contributed by atoms with Crippen LogP contribution in [0.3, 0.4) is 0 Å². The number of aliphatic hydroxyl groups is 1. The smallest absolute Gasteiger partial charge is 0.234 e. The minimum Gasteiger partial charge on any atom is -0.394 e. The molecule has 1 amide bonds. The first kappa shape index (κ1) is 12.8. The Morgan fingerprint density at radius 1 is 1.18 bits per heavy atom. The zero-order chi connectivity index (χ0) is 12.1. The Balaban J connectivity index is 1.72. The summed E-state index contributed by atoms with van der Waals surface area (Å²) < 4.78 is 0. The van der Waals surface area contributed by atoms with Crippen molar-refractivity contribution in [1.29, 1.82) is 0 Å². The van der Waals surface area contributed by atoms with Crippen LogP contribution in [0.5, 0.6) is 0 Å². The van der Waals surface area contributed by atoms with Crippen molar-refractivity contribution in [2.24, 2.45) is 0 Å². The van der Waals surface area contributed by atoms with E-state index in [1.807, 2.05) is 0 Å². The molecule has 0 bridgehead atoms. The van der Waals surface area contributed by atoms with Crippen molar-refractivity contribution >= 4 is 5.91 Å². The average molecular weight is 240 g/mol. The number of nitrogens with one attached hydrogen (secondary N) is 2. The van der Waals surface area contributed by atoms with Gasteiger partial charge >= 0.3 is 0 Å². The molecule has 2 rings (SSSR count). The molecule has 2 aliphatic carbocycles. The number of amides is 1. The summed E-state index contributed by atoms with van der Waals surface area (Å²) in [7, 11) is 0. The van der Waals surface area contributed by atoms with Gasteiger partial charge in [-0.25, -0.2) is 0 Å². The van der Waals surface area contributed by atoms with E-state index in [9.17, 15) is 9.90 Å². The summed E-state index contributed by atoms with van der Waals surface area (Å²) in [5.74, 6) is 0.0350. The lowest BCUT2D eigenvalue weighted by molar-refractivity contribution is -0.122. The molecule has 3 N–H and O–H groups in total. The van der Waals surface area contributed by atoms with Gasteiger partial charge in [0.05, 0.1) is 18.7 Å². The van der Waals surface area contributed by atoms with Gasteiger partial charge in [0.2, 0.25) is 5.91 Å².